The molecule has 1 aromatic carbocycles. The van der Waals surface area contributed by atoms with Crippen LogP contribution in [0.4, 0.5) is 4.39 Å². The summed E-state index contributed by atoms with van der Waals surface area (Å²) in [6.45, 7) is 1.93. The van der Waals surface area contributed by atoms with Gasteiger partial charge in [0.1, 0.15) is 16.4 Å². The van der Waals surface area contributed by atoms with Crippen molar-refractivity contribution in [2.45, 2.75) is 18.9 Å². The van der Waals surface area contributed by atoms with E-state index in [1.54, 1.807) is 42.9 Å². The zero-order valence-electron chi connectivity index (χ0n) is 12.0. The summed E-state index contributed by atoms with van der Waals surface area (Å²) in [5, 5.41) is 11.8. The Morgan fingerprint density at radius 3 is 2.45 bits per heavy atom. The number of thiazole rings is 1. The maximum absolute atomic E-state index is 13.0. The van der Waals surface area contributed by atoms with Crippen LogP contribution in [0.15, 0.2) is 55.0 Å². The smallest absolute Gasteiger partial charge is 0.125 e. The van der Waals surface area contributed by atoms with Crippen molar-refractivity contribution in [2.24, 2.45) is 0 Å². The molecule has 3 nitrogen and oxygen atoms in total. The Hall–Kier alpha value is -2.11. The van der Waals surface area contributed by atoms with Gasteiger partial charge in [0.25, 0.3) is 0 Å². The summed E-state index contributed by atoms with van der Waals surface area (Å²) < 4.78 is 13.0. The van der Waals surface area contributed by atoms with Crippen LogP contribution in [0.25, 0.3) is 10.6 Å². The van der Waals surface area contributed by atoms with E-state index in [0.29, 0.717) is 6.42 Å². The molecule has 0 spiro atoms. The standard InChI is InChI=1S/C17H15FN2OS/c1-2-17(21,13-7-9-19-10-8-13)15-11-20-16(22-15)12-3-5-14(18)6-4-12/h3-11,21H,2H2,1H3. The normalized spacial score (nSPS) is 13.8. The Labute approximate surface area is 132 Å². The third kappa shape index (κ3) is 2.65. The van der Waals surface area contributed by atoms with Gasteiger partial charge in [-0.25, -0.2) is 9.37 Å². The van der Waals surface area contributed by atoms with Gasteiger partial charge in [0.15, 0.2) is 0 Å². The predicted octanol–water partition coefficient (Wildman–Crippen LogP) is 3.99. The summed E-state index contributed by atoms with van der Waals surface area (Å²) in [6, 6.07) is 9.81. The first-order valence-corrected chi connectivity index (χ1v) is 7.80. The molecule has 0 fully saturated rings. The van der Waals surface area contributed by atoms with Gasteiger partial charge in [0.05, 0.1) is 4.88 Å². The molecule has 0 aliphatic carbocycles. The van der Waals surface area contributed by atoms with Crippen LogP contribution < -0.4 is 0 Å². The number of aliphatic hydroxyl groups is 1. The number of pyridine rings is 1. The lowest BCUT2D eigenvalue weighted by atomic mass is 9.91. The molecule has 3 aromatic rings. The topological polar surface area (TPSA) is 46.0 Å². The van der Waals surface area contributed by atoms with Gasteiger partial charge in [0.2, 0.25) is 0 Å². The Balaban J connectivity index is 2.00. The highest BCUT2D eigenvalue weighted by Crippen LogP contribution is 2.38. The van der Waals surface area contributed by atoms with Crippen LogP contribution in [0.1, 0.15) is 23.8 Å². The molecule has 0 aliphatic heterocycles. The SMILES string of the molecule is CCC(O)(c1ccncc1)c1cnc(-c2ccc(F)cc2)s1. The molecule has 0 saturated carbocycles. The Morgan fingerprint density at radius 2 is 1.82 bits per heavy atom. The minimum atomic E-state index is -1.08. The van der Waals surface area contributed by atoms with Crippen molar-refractivity contribution in [3.63, 3.8) is 0 Å². The van der Waals surface area contributed by atoms with Crippen molar-refractivity contribution in [2.75, 3.05) is 0 Å². The average molecular weight is 314 g/mol. The molecule has 0 bridgehead atoms. The fourth-order valence-electron chi connectivity index (χ4n) is 2.34. The molecule has 0 amide bonds. The van der Waals surface area contributed by atoms with E-state index >= 15 is 0 Å². The molecule has 0 aliphatic rings. The Morgan fingerprint density at radius 1 is 1.14 bits per heavy atom. The first kappa shape index (κ1) is 14.8. The second kappa shape index (κ2) is 5.94. The van der Waals surface area contributed by atoms with Gasteiger partial charge in [-0.3, -0.25) is 4.98 Å². The number of nitrogens with zero attached hydrogens (tertiary/aromatic N) is 2. The largest absolute Gasteiger partial charge is 0.379 e. The third-order valence-electron chi connectivity index (χ3n) is 3.67. The van der Waals surface area contributed by atoms with E-state index < -0.39 is 5.60 Å². The molecule has 2 aromatic heterocycles. The zero-order chi connectivity index (χ0) is 15.6. The highest BCUT2D eigenvalue weighted by Gasteiger charge is 2.31. The number of hydrogen-bond acceptors (Lipinski definition) is 4. The second-order valence-corrected chi connectivity index (χ2v) is 6.02. The zero-order valence-corrected chi connectivity index (χ0v) is 12.8. The van der Waals surface area contributed by atoms with E-state index in [4.69, 9.17) is 0 Å². The van der Waals surface area contributed by atoms with Crippen molar-refractivity contribution in [3.05, 3.63) is 71.2 Å². The molecule has 2 heterocycles. The maximum atomic E-state index is 13.0. The molecule has 1 N–H and O–H groups in total. The lowest BCUT2D eigenvalue weighted by molar-refractivity contribution is 0.0801. The highest BCUT2D eigenvalue weighted by molar-refractivity contribution is 7.15. The van der Waals surface area contributed by atoms with Gasteiger partial charge in [0, 0.05) is 24.2 Å². The van der Waals surface area contributed by atoms with E-state index in [-0.39, 0.29) is 5.82 Å². The number of benzene rings is 1. The van der Waals surface area contributed by atoms with Gasteiger partial charge in [-0.05, 0) is 48.4 Å². The van der Waals surface area contributed by atoms with E-state index in [2.05, 4.69) is 9.97 Å². The van der Waals surface area contributed by atoms with E-state index in [1.165, 1.54) is 23.5 Å². The molecule has 0 radical (unpaired) electrons. The number of aromatic nitrogens is 2. The minimum Gasteiger partial charge on any atom is -0.379 e. The van der Waals surface area contributed by atoms with Crippen LogP contribution in [-0.4, -0.2) is 15.1 Å². The van der Waals surface area contributed by atoms with Crippen molar-refractivity contribution in [1.29, 1.82) is 0 Å². The summed E-state index contributed by atoms with van der Waals surface area (Å²) in [5.74, 6) is -0.276. The maximum Gasteiger partial charge on any atom is 0.125 e. The van der Waals surface area contributed by atoms with Crippen molar-refractivity contribution < 1.29 is 9.50 Å². The molecular weight excluding hydrogens is 299 g/mol. The van der Waals surface area contributed by atoms with Gasteiger partial charge in [-0.15, -0.1) is 11.3 Å². The molecule has 1 atom stereocenters. The van der Waals surface area contributed by atoms with E-state index in [9.17, 15) is 9.50 Å². The first-order valence-electron chi connectivity index (χ1n) is 6.98. The minimum absolute atomic E-state index is 0.276. The van der Waals surface area contributed by atoms with Crippen LogP contribution in [0.2, 0.25) is 0 Å². The van der Waals surface area contributed by atoms with Gasteiger partial charge < -0.3 is 5.11 Å². The summed E-state index contributed by atoms with van der Waals surface area (Å²) in [7, 11) is 0. The average Bonchev–Trinajstić information content (AvgIpc) is 3.06. The van der Waals surface area contributed by atoms with Crippen LogP contribution in [0.5, 0.6) is 0 Å². The molecule has 1 unspecified atom stereocenters. The monoisotopic (exact) mass is 314 g/mol. The molecule has 0 saturated heterocycles. The predicted molar refractivity (Wildman–Crippen MR) is 85.0 cm³/mol. The first-order chi connectivity index (χ1) is 10.6. The molecule has 112 valence electrons. The summed E-state index contributed by atoms with van der Waals surface area (Å²) in [4.78, 5) is 9.13. The van der Waals surface area contributed by atoms with E-state index in [1.807, 2.05) is 6.92 Å². The quantitative estimate of drug-likeness (QED) is 0.792. The van der Waals surface area contributed by atoms with Crippen molar-refractivity contribution >= 4 is 11.3 Å². The number of rotatable bonds is 4. The Kier molecular flexibility index (Phi) is 4.00. The molecular formula is C17H15FN2OS. The number of hydrogen-bond donors (Lipinski definition) is 1. The van der Waals surface area contributed by atoms with Gasteiger partial charge in [-0.1, -0.05) is 6.92 Å². The summed E-state index contributed by atoms with van der Waals surface area (Å²) in [6.07, 6.45) is 5.55. The summed E-state index contributed by atoms with van der Waals surface area (Å²) in [5.41, 5.74) is 0.545. The van der Waals surface area contributed by atoms with Crippen molar-refractivity contribution in [3.8, 4) is 10.6 Å². The molecule has 22 heavy (non-hydrogen) atoms. The second-order valence-electron chi connectivity index (χ2n) is 4.99. The van der Waals surface area contributed by atoms with Crippen LogP contribution in [0, 0.1) is 5.82 Å². The third-order valence-corrected chi connectivity index (χ3v) is 4.87. The van der Waals surface area contributed by atoms with E-state index in [0.717, 1.165) is 21.0 Å². The number of halogens is 1. The lowest BCUT2D eigenvalue weighted by Crippen LogP contribution is -2.24. The molecule has 3 rings (SSSR count). The van der Waals surface area contributed by atoms with Crippen LogP contribution in [0.3, 0.4) is 0 Å². The van der Waals surface area contributed by atoms with Crippen LogP contribution in [-0.2, 0) is 5.60 Å². The van der Waals surface area contributed by atoms with Gasteiger partial charge in [-0.2, -0.15) is 0 Å². The van der Waals surface area contributed by atoms with Crippen LogP contribution >= 0.6 is 11.3 Å². The summed E-state index contributed by atoms with van der Waals surface area (Å²) >= 11 is 1.41. The highest BCUT2D eigenvalue weighted by atomic mass is 32.1. The van der Waals surface area contributed by atoms with Gasteiger partial charge >= 0.3 is 0 Å². The Bertz CT molecular complexity index is 758. The lowest BCUT2D eigenvalue weighted by Gasteiger charge is -2.25. The fraction of sp³-hybridized carbons (Fsp3) is 0.176. The molecule has 5 heteroatoms. The fourth-order valence-corrected chi connectivity index (χ4v) is 3.44. The van der Waals surface area contributed by atoms with Crippen molar-refractivity contribution in [1.82, 2.24) is 9.97 Å².